The number of halogens is 4. The summed E-state index contributed by atoms with van der Waals surface area (Å²) in [6.45, 7) is 3.29. The van der Waals surface area contributed by atoms with Crippen molar-refractivity contribution in [2.75, 3.05) is 32.1 Å². The molecule has 0 aliphatic rings. The third-order valence-electron chi connectivity index (χ3n) is 3.43. The number of benzene rings is 1. The van der Waals surface area contributed by atoms with Gasteiger partial charge in [-0.15, -0.1) is 35.3 Å². The van der Waals surface area contributed by atoms with Crippen LogP contribution < -0.4 is 15.5 Å². The molecule has 0 radical (unpaired) electrons. The van der Waals surface area contributed by atoms with Crippen molar-refractivity contribution in [3.05, 3.63) is 46.5 Å². The van der Waals surface area contributed by atoms with Gasteiger partial charge < -0.3 is 15.5 Å². The lowest BCUT2D eigenvalue weighted by molar-refractivity contribution is -0.137. The summed E-state index contributed by atoms with van der Waals surface area (Å²) in [6.07, 6.45) is -4.37. The lowest BCUT2D eigenvalue weighted by Crippen LogP contribution is -2.37. The fourth-order valence-electron chi connectivity index (χ4n) is 2.12. The summed E-state index contributed by atoms with van der Waals surface area (Å²) < 4.78 is 38.2. The number of aliphatic imine (C=N–C) groups is 1. The van der Waals surface area contributed by atoms with Gasteiger partial charge in [0.05, 0.1) is 24.3 Å². The predicted molar refractivity (Wildman–Crippen MR) is 123 cm³/mol. The molecule has 0 saturated carbocycles. The highest BCUT2D eigenvalue weighted by atomic mass is 127. The number of rotatable bonds is 5. The van der Waals surface area contributed by atoms with Gasteiger partial charge in [-0.3, -0.25) is 0 Å². The Morgan fingerprint density at radius 3 is 2.66 bits per heavy atom. The van der Waals surface area contributed by atoms with E-state index >= 15 is 0 Å². The summed E-state index contributed by atoms with van der Waals surface area (Å²) in [6, 6.07) is 4.96. The van der Waals surface area contributed by atoms with Crippen molar-refractivity contribution in [2.45, 2.75) is 19.6 Å². The quantitative estimate of drug-likeness (QED) is 0.263. The summed E-state index contributed by atoms with van der Waals surface area (Å²) in [7, 11) is 3.86. The molecule has 0 unspecified atom stereocenters. The molecule has 2 N–H and O–H groups in total. The highest BCUT2D eigenvalue weighted by Crippen LogP contribution is 2.29. The maximum Gasteiger partial charge on any atom is 0.416 e. The lowest BCUT2D eigenvalue weighted by Gasteiger charge is -2.08. The number of anilines is 1. The van der Waals surface area contributed by atoms with Gasteiger partial charge in [-0.1, -0.05) is 17.9 Å². The van der Waals surface area contributed by atoms with E-state index in [9.17, 15) is 13.2 Å². The van der Waals surface area contributed by atoms with Crippen LogP contribution in [0.4, 0.5) is 18.3 Å². The van der Waals surface area contributed by atoms with Crippen molar-refractivity contribution >= 4 is 46.4 Å². The molecule has 1 aromatic carbocycles. The molecule has 0 atom stereocenters. The van der Waals surface area contributed by atoms with E-state index in [1.165, 1.54) is 6.07 Å². The molecule has 158 valence electrons. The van der Waals surface area contributed by atoms with Crippen molar-refractivity contribution in [3.8, 4) is 11.8 Å². The Morgan fingerprint density at radius 2 is 2.03 bits per heavy atom. The summed E-state index contributed by atoms with van der Waals surface area (Å²) in [5.74, 6) is 6.12. The molecule has 2 aromatic rings. The second-order valence-corrected chi connectivity index (χ2v) is 6.78. The number of hydrogen-bond acceptors (Lipinski definition) is 4. The molecule has 0 amide bonds. The van der Waals surface area contributed by atoms with Crippen molar-refractivity contribution in [2.24, 2.45) is 4.99 Å². The lowest BCUT2D eigenvalue weighted by atomic mass is 10.1. The Bertz CT molecular complexity index is 868. The molecule has 2 rings (SSSR count). The number of aromatic nitrogens is 1. The number of guanidine groups is 1. The maximum absolute atomic E-state index is 12.7. The molecule has 10 heteroatoms. The van der Waals surface area contributed by atoms with Crippen LogP contribution in [-0.2, 0) is 12.7 Å². The Balaban J connectivity index is 0.00000420. The molecule has 0 aliphatic carbocycles. The van der Waals surface area contributed by atoms with E-state index in [1.54, 1.807) is 17.4 Å². The van der Waals surface area contributed by atoms with Crippen LogP contribution in [0.3, 0.4) is 0 Å². The van der Waals surface area contributed by atoms with E-state index in [4.69, 9.17) is 0 Å². The van der Waals surface area contributed by atoms with Crippen LogP contribution in [0.15, 0.2) is 34.6 Å². The summed E-state index contributed by atoms with van der Waals surface area (Å²) >= 11 is 1.55. The van der Waals surface area contributed by atoms with Gasteiger partial charge >= 0.3 is 6.18 Å². The average Bonchev–Trinajstić information content (AvgIpc) is 3.12. The van der Waals surface area contributed by atoms with Crippen LogP contribution in [-0.4, -0.2) is 38.1 Å². The van der Waals surface area contributed by atoms with Crippen LogP contribution in [0.1, 0.15) is 23.7 Å². The van der Waals surface area contributed by atoms with Gasteiger partial charge in [0, 0.05) is 31.6 Å². The number of nitrogens with one attached hydrogen (secondary N) is 2. The second-order valence-electron chi connectivity index (χ2n) is 5.94. The fraction of sp³-hybridized carbons (Fsp3) is 0.368. The first kappa shape index (κ1) is 25.0. The first-order chi connectivity index (χ1) is 13.3. The van der Waals surface area contributed by atoms with E-state index in [1.807, 2.05) is 31.3 Å². The van der Waals surface area contributed by atoms with Gasteiger partial charge in [-0.05, 0) is 25.1 Å². The molecular weight excluding hydrogens is 514 g/mol. The summed E-state index contributed by atoms with van der Waals surface area (Å²) in [5.41, 5.74) is 0.473. The molecule has 0 aliphatic heterocycles. The van der Waals surface area contributed by atoms with Crippen molar-refractivity contribution in [3.63, 3.8) is 0 Å². The molecule has 1 heterocycles. The molecule has 5 nitrogen and oxygen atoms in total. The second kappa shape index (κ2) is 11.9. The zero-order chi connectivity index (χ0) is 20.6. The number of nitrogens with zero attached hydrogens (tertiary/aromatic N) is 3. The predicted octanol–water partition coefficient (Wildman–Crippen LogP) is 3.95. The Morgan fingerprint density at radius 1 is 1.28 bits per heavy atom. The van der Waals surface area contributed by atoms with Crippen LogP contribution in [0.2, 0.25) is 0 Å². The molecular formula is C19H23F3IN5S. The minimum absolute atomic E-state index is 0. The molecule has 0 saturated heterocycles. The Kier molecular flexibility index (Phi) is 10.2. The number of thiazole rings is 1. The standard InChI is InChI=1S/C19H22F3N5S.HI/c1-4-23-17(25-12-16-13-28-18(26-16)27(2)3)24-10-6-8-14-7-5-9-15(11-14)19(20,21)22;/h5,7,9,11,13H,4,10,12H2,1-3H3,(H2,23,24,25);1H. The van der Waals surface area contributed by atoms with Gasteiger partial charge in [-0.25, -0.2) is 9.98 Å². The molecule has 0 fully saturated rings. The Hall–Kier alpha value is -2.00. The Labute approximate surface area is 189 Å². The maximum atomic E-state index is 12.7. The number of hydrogen-bond donors (Lipinski definition) is 2. The van der Waals surface area contributed by atoms with Gasteiger partial charge in [-0.2, -0.15) is 13.2 Å². The van der Waals surface area contributed by atoms with Crippen LogP contribution in [0.5, 0.6) is 0 Å². The zero-order valence-electron chi connectivity index (χ0n) is 16.3. The topological polar surface area (TPSA) is 52.6 Å². The van der Waals surface area contributed by atoms with E-state index in [0.717, 1.165) is 23.0 Å². The smallest absolute Gasteiger partial charge is 0.357 e. The summed E-state index contributed by atoms with van der Waals surface area (Å²) in [4.78, 5) is 10.9. The SMILES string of the molecule is CCNC(=NCc1csc(N(C)C)n1)NCC#Cc1cccc(C(F)(F)F)c1.I. The van der Waals surface area contributed by atoms with Gasteiger partial charge in [0.2, 0.25) is 0 Å². The monoisotopic (exact) mass is 537 g/mol. The van der Waals surface area contributed by atoms with E-state index in [2.05, 4.69) is 32.5 Å². The normalized spacial score (nSPS) is 11.2. The zero-order valence-corrected chi connectivity index (χ0v) is 19.4. The number of alkyl halides is 3. The molecule has 0 spiro atoms. The van der Waals surface area contributed by atoms with E-state index < -0.39 is 11.7 Å². The fourth-order valence-corrected chi connectivity index (χ4v) is 2.87. The highest BCUT2D eigenvalue weighted by molar-refractivity contribution is 14.0. The third kappa shape index (κ3) is 8.49. The first-order valence-corrected chi connectivity index (χ1v) is 9.47. The largest absolute Gasteiger partial charge is 0.416 e. The van der Waals surface area contributed by atoms with E-state index in [-0.39, 0.29) is 30.5 Å². The van der Waals surface area contributed by atoms with Crippen LogP contribution in [0.25, 0.3) is 0 Å². The molecule has 1 aromatic heterocycles. The summed E-state index contributed by atoms with van der Waals surface area (Å²) in [5, 5.41) is 9.01. The molecule has 29 heavy (non-hydrogen) atoms. The highest BCUT2D eigenvalue weighted by Gasteiger charge is 2.30. The van der Waals surface area contributed by atoms with Crippen molar-refractivity contribution < 1.29 is 13.2 Å². The van der Waals surface area contributed by atoms with Gasteiger partial charge in [0.25, 0.3) is 0 Å². The first-order valence-electron chi connectivity index (χ1n) is 8.59. The molecule has 0 bridgehead atoms. The van der Waals surface area contributed by atoms with Crippen LogP contribution in [0, 0.1) is 11.8 Å². The van der Waals surface area contributed by atoms with Crippen molar-refractivity contribution in [1.29, 1.82) is 0 Å². The third-order valence-corrected chi connectivity index (χ3v) is 4.49. The minimum atomic E-state index is -4.37. The van der Waals surface area contributed by atoms with Crippen molar-refractivity contribution in [1.82, 2.24) is 15.6 Å². The minimum Gasteiger partial charge on any atom is -0.357 e. The average molecular weight is 537 g/mol. The van der Waals surface area contributed by atoms with Gasteiger partial charge in [0.15, 0.2) is 11.1 Å². The van der Waals surface area contributed by atoms with E-state index in [0.29, 0.717) is 24.6 Å². The van der Waals surface area contributed by atoms with Crippen LogP contribution >= 0.6 is 35.3 Å². The van der Waals surface area contributed by atoms with Gasteiger partial charge in [0.1, 0.15) is 0 Å².